The first-order chi connectivity index (χ1) is 21.2. The SMILES string of the molecule is CCCCCCCCCCCCCCCCCC[N+](CCCCCCCC)(CCCCCCCC)CCCCCCCC.[Cl-]. The summed E-state index contributed by atoms with van der Waals surface area (Å²) in [5.41, 5.74) is 0. The van der Waals surface area contributed by atoms with Crippen LogP contribution < -0.4 is 12.4 Å². The molecule has 0 aliphatic rings. The molecule has 0 rings (SSSR count). The van der Waals surface area contributed by atoms with E-state index in [1.54, 1.807) is 0 Å². The largest absolute Gasteiger partial charge is 1.00 e. The fourth-order valence-electron chi connectivity index (χ4n) is 7.35. The molecular formula is C42H88ClN. The molecule has 0 heterocycles. The van der Waals surface area contributed by atoms with Crippen molar-refractivity contribution in [3.8, 4) is 0 Å². The van der Waals surface area contributed by atoms with Crippen LogP contribution in [0.15, 0.2) is 0 Å². The van der Waals surface area contributed by atoms with Crippen LogP contribution in [0.5, 0.6) is 0 Å². The molecule has 0 N–H and O–H groups in total. The summed E-state index contributed by atoms with van der Waals surface area (Å²) in [6, 6.07) is 0. The molecule has 0 fully saturated rings. The molecule has 0 amide bonds. The Morgan fingerprint density at radius 2 is 0.341 bits per heavy atom. The Morgan fingerprint density at radius 1 is 0.205 bits per heavy atom. The van der Waals surface area contributed by atoms with E-state index >= 15 is 0 Å². The van der Waals surface area contributed by atoms with Gasteiger partial charge in [-0.2, -0.15) is 0 Å². The van der Waals surface area contributed by atoms with Crippen molar-refractivity contribution < 1.29 is 16.9 Å². The lowest BCUT2D eigenvalue weighted by Gasteiger charge is -2.40. The molecule has 44 heavy (non-hydrogen) atoms. The quantitative estimate of drug-likeness (QED) is 0.0464. The van der Waals surface area contributed by atoms with Crippen LogP contribution in [-0.4, -0.2) is 30.7 Å². The van der Waals surface area contributed by atoms with Crippen LogP contribution in [0.2, 0.25) is 0 Å². The molecule has 0 saturated heterocycles. The number of halogens is 1. The number of unbranched alkanes of at least 4 members (excludes halogenated alkanes) is 30. The highest BCUT2D eigenvalue weighted by molar-refractivity contribution is 4.56. The van der Waals surface area contributed by atoms with Gasteiger partial charge in [-0.15, -0.1) is 0 Å². The molecule has 1 nitrogen and oxygen atoms in total. The molecule has 0 spiro atoms. The van der Waals surface area contributed by atoms with Crippen LogP contribution in [0.4, 0.5) is 0 Å². The Labute approximate surface area is 288 Å². The molecule has 0 aliphatic heterocycles. The first kappa shape index (κ1) is 46.4. The second-order valence-corrected chi connectivity index (χ2v) is 14.8. The third kappa shape index (κ3) is 33.6. The van der Waals surface area contributed by atoms with Crippen LogP contribution in [0.1, 0.15) is 246 Å². The molecule has 0 aromatic rings. The van der Waals surface area contributed by atoms with E-state index in [-0.39, 0.29) is 12.4 Å². The zero-order valence-corrected chi connectivity index (χ0v) is 32.5. The van der Waals surface area contributed by atoms with Gasteiger partial charge in [-0.1, -0.05) is 195 Å². The van der Waals surface area contributed by atoms with Gasteiger partial charge in [0.2, 0.25) is 0 Å². The highest BCUT2D eigenvalue weighted by Crippen LogP contribution is 2.21. The first-order valence-electron chi connectivity index (χ1n) is 21.1. The molecule has 0 aliphatic carbocycles. The van der Waals surface area contributed by atoms with E-state index in [0.29, 0.717) is 0 Å². The maximum absolute atomic E-state index is 2.35. The van der Waals surface area contributed by atoms with Gasteiger partial charge < -0.3 is 16.9 Å². The average molecular weight is 643 g/mol. The van der Waals surface area contributed by atoms with Crippen molar-refractivity contribution >= 4 is 0 Å². The fourth-order valence-corrected chi connectivity index (χ4v) is 7.35. The Balaban J connectivity index is 0. The molecule has 0 saturated carbocycles. The van der Waals surface area contributed by atoms with Gasteiger partial charge in [0.15, 0.2) is 0 Å². The van der Waals surface area contributed by atoms with Crippen LogP contribution in [0.3, 0.4) is 0 Å². The summed E-state index contributed by atoms with van der Waals surface area (Å²) in [5, 5.41) is 0. The Bertz CT molecular complexity index is 451. The van der Waals surface area contributed by atoms with Crippen molar-refractivity contribution in [2.24, 2.45) is 0 Å². The van der Waals surface area contributed by atoms with Gasteiger partial charge in [0.1, 0.15) is 0 Å². The molecule has 0 aromatic carbocycles. The van der Waals surface area contributed by atoms with Gasteiger partial charge in [-0.25, -0.2) is 0 Å². The number of quaternary nitrogens is 1. The van der Waals surface area contributed by atoms with Gasteiger partial charge in [0, 0.05) is 0 Å². The summed E-state index contributed by atoms with van der Waals surface area (Å²) in [4.78, 5) is 0. The first-order valence-corrected chi connectivity index (χ1v) is 21.1. The monoisotopic (exact) mass is 642 g/mol. The van der Waals surface area contributed by atoms with Crippen molar-refractivity contribution in [1.29, 1.82) is 0 Å². The third-order valence-electron chi connectivity index (χ3n) is 10.4. The summed E-state index contributed by atoms with van der Waals surface area (Å²) in [6.45, 7) is 15.3. The van der Waals surface area contributed by atoms with Crippen LogP contribution in [0, 0.1) is 0 Å². The van der Waals surface area contributed by atoms with Crippen LogP contribution in [-0.2, 0) is 0 Å². The lowest BCUT2D eigenvalue weighted by molar-refractivity contribution is -0.929. The highest BCUT2D eigenvalue weighted by atomic mass is 35.5. The van der Waals surface area contributed by atoms with E-state index in [1.807, 2.05) is 0 Å². The minimum atomic E-state index is 0. The molecule has 268 valence electrons. The van der Waals surface area contributed by atoms with Crippen molar-refractivity contribution in [3.05, 3.63) is 0 Å². The Kier molecular flexibility index (Phi) is 41.6. The summed E-state index contributed by atoms with van der Waals surface area (Å²) >= 11 is 0. The van der Waals surface area contributed by atoms with Crippen LogP contribution in [0.25, 0.3) is 0 Å². The third-order valence-corrected chi connectivity index (χ3v) is 10.4. The van der Waals surface area contributed by atoms with Gasteiger partial charge in [-0.05, 0) is 51.4 Å². The smallest absolute Gasteiger partial charge is 0.0786 e. The normalized spacial score (nSPS) is 11.7. The van der Waals surface area contributed by atoms with E-state index in [1.165, 1.54) is 249 Å². The summed E-state index contributed by atoms with van der Waals surface area (Å²) in [6.07, 6.45) is 49.7. The second-order valence-electron chi connectivity index (χ2n) is 14.8. The molecule has 0 aromatic heterocycles. The van der Waals surface area contributed by atoms with Crippen molar-refractivity contribution in [2.75, 3.05) is 26.2 Å². The van der Waals surface area contributed by atoms with Crippen LogP contribution >= 0.6 is 0 Å². The van der Waals surface area contributed by atoms with E-state index < -0.39 is 0 Å². The number of hydrogen-bond acceptors (Lipinski definition) is 0. The Hall–Kier alpha value is 0.250. The summed E-state index contributed by atoms with van der Waals surface area (Å²) < 4.78 is 1.48. The van der Waals surface area contributed by atoms with Gasteiger partial charge in [0.25, 0.3) is 0 Å². The number of nitrogens with zero attached hydrogens (tertiary/aromatic N) is 1. The average Bonchev–Trinajstić information content (AvgIpc) is 3.02. The Morgan fingerprint density at radius 3 is 0.500 bits per heavy atom. The maximum atomic E-state index is 2.35. The zero-order valence-electron chi connectivity index (χ0n) is 31.7. The standard InChI is InChI=1S/C42H88N.ClH/c1-5-9-13-17-21-22-23-24-25-26-27-28-29-30-34-38-42-43(39-35-31-18-14-10-6-2,40-36-32-19-15-11-7-3)41-37-33-20-16-12-8-4;/h5-42H2,1-4H3;1H/q+1;/p-1. The topological polar surface area (TPSA) is 0 Å². The van der Waals surface area contributed by atoms with Crippen molar-refractivity contribution in [1.82, 2.24) is 0 Å². The summed E-state index contributed by atoms with van der Waals surface area (Å²) in [5.74, 6) is 0. The molecule has 0 atom stereocenters. The van der Waals surface area contributed by atoms with Crippen molar-refractivity contribution in [2.45, 2.75) is 246 Å². The van der Waals surface area contributed by atoms with E-state index in [0.717, 1.165) is 0 Å². The number of hydrogen-bond donors (Lipinski definition) is 0. The molecule has 2 heteroatoms. The number of rotatable bonds is 38. The second kappa shape index (κ2) is 39.4. The highest BCUT2D eigenvalue weighted by Gasteiger charge is 2.25. The minimum Gasteiger partial charge on any atom is -1.00 e. The summed E-state index contributed by atoms with van der Waals surface area (Å²) in [7, 11) is 0. The maximum Gasteiger partial charge on any atom is 0.0786 e. The lowest BCUT2D eigenvalue weighted by Crippen LogP contribution is -3.00. The van der Waals surface area contributed by atoms with E-state index in [4.69, 9.17) is 0 Å². The van der Waals surface area contributed by atoms with E-state index in [2.05, 4.69) is 27.7 Å². The predicted octanol–water partition coefficient (Wildman–Crippen LogP) is 12.2. The minimum absolute atomic E-state index is 0. The molecule has 0 unspecified atom stereocenters. The fraction of sp³-hybridized carbons (Fsp3) is 1.00. The predicted molar refractivity (Wildman–Crippen MR) is 199 cm³/mol. The molecule has 0 bridgehead atoms. The molecular weight excluding hydrogens is 554 g/mol. The van der Waals surface area contributed by atoms with Gasteiger partial charge in [0.05, 0.1) is 26.2 Å². The van der Waals surface area contributed by atoms with Gasteiger partial charge >= 0.3 is 0 Å². The zero-order chi connectivity index (χ0) is 31.4. The molecule has 0 radical (unpaired) electrons. The lowest BCUT2D eigenvalue weighted by atomic mass is 10.0. The van der Waals surface area contributed by atoms with Crippen molar-refractivity contribution in [3.63, 3.8) is 0 Å². The van der Waals surface area contributed by atoms with E-state index in [9.17, 15) is 0 Å². The van der Waals surface area contributed by atoms with Gasteiger partial charge in [-0.3, -0.25) is 0 Å².